The maximum Gasteiger partial charge on any atom is 0.258 e. The zero-order valence-corrected chi connectivity index (χ0v) is 14.0. The molecule has 0 bridgehead atoms. The van der Waals surface area contributed by atoms with Gasteiger partial charge in [-0.2, -0.15) is 5.10 Å². The average Bonchev–Trinajstić information content (AvgIpc) is 3.02. The highest BCUT2D eigenvalue weighted by molar-refractivity contribution is 6.02. The van der Waals surface area contributed by atoms with E-state index in [0.29, 0.717) is 22.6 Å². The first-order chi connectivity index (χ1) is 11.5. The third-order valence-corrected chi connectivity index (χ3v) is 3.39. The number of amides is 2. The molecule has 1 aromatic carbocycles. The normalized spacial score (nSPS) is 10.2. The van der Waals surface area contributed by atoms with E-state index < -0.39 is 0 Å². The summed E-state index contributed by atoms with van der Waals surface area (Å²) in [7, 11) is 6.34. The van der Waals surface area contributed by atoms with Crippen LogP contribution in [0.2, 0.25) is 0 Å². The van der Waals surface area contributed by atoms with Gasteiger partial charge in [0.25, 0.3) is 5.91 Å². The van der Waals surface area contributed by atoms with Gasteiger partial charge in [0.1, 0.15) is 22.9 Å². The number of aromatic amines is 1. The number of H-pyrrole nitrogens is 1. The van der Waals surface area contributed by atoms with Crippen LogP contribution in [-0.4, -0.2) is 55.2 Å². The molecule has 8 nitrogen and oxygen atoms in total. The van der Waals surface area contributed by atoms with Crippen LogP contribution >= 0.6 is 0 Å². The summed E-state index contributed by atoms with van der Waals surface area (Å²) in [6, 6.07) is 5.22. The molecule has 0 spiro atoms. The molecule has 2 aromatic rings. The van der Waals surface area contributed by atoms with Crippen LogP contribution in [0.25, 0.3) is 0 Å². The zero-order chi connectivity index (χ0) is 17.7. The van der Waals surface area contributed by atoms with Gasteiger partial charge in [0, 0.05) is 25.7 Å². The average molecular weight is 332 g/mol. The monoisotopic (exact) mass is 332 g/mol. The Bertz CT molecular complexity index is 739. The Hall–Kier alpha value is -3.03. The van der Waals surface area contributed by atoms with E-state index in [1.165, 1.54) is 18.2 Å². The molecular formula is C16H20N4O4. The minimum Gasteiger partial charge on any atom is -0.497 e. The van der Waals surface area contributed by atoms with Crippen molar-refractivity contribution in [3.05, 3.63) is 35.5 Å². The number of anilines is 1. The first-order valence-electron chi connectivity index (χ1n) is 7.22. The second-order valence-electron chi connectivity index (χ2n) is 5.26. The molecule has 128 valence electrons. The number of aromatic nitrogens is 2. The van der Waals surface area contributed by atoms with E-state index >= 15 is 0 Å². The number of hydrogen-bond acceptors (Lipinski definition) is 5. The lowest BCUT2D eigenvalue weighted by molar-refractivity contribution is -0.115. The van der Waals surface area contributed by atoms with E-state index in [1.807, 2.05) is 0 Å². The van der Waals surface area contributed by atoms with Crippen molar-refractivity contribution in [2.24, 2.45) is 0 Å². The molecule has 0 saturated carbocycles. The SMILES string of the molecule is COc1ccc(CC(=O)Nc2[nH]ncc2C(=O)N(C)C)c(OC)c1. The standard InChI is InChI=1S/C16H20N4O4/c1-20(2)16(22)12-9-17-19-15(12)18-14(21)7-10-5-6-11(23-3)8-13(10)24-4/h5-6,8-9H,7H2,1-4H3,(H2,17,18,19,21). The van der Waals surface area contributed by atoms with Crippen molar-refractivity contribution >= 4 is 17.6 Å². The molecule has 2 rings (SSSR count). The third-order valence-electron chi connectivity index (χ3n) is 3.39. The summed E-state index contributed by atoms with van der Waals surface area (Å²) < 4.78 is 10.4. The smallest absolute Gasteiger partial charge is 0.258 e. The summed E-state index contributed by atoms with van der Waals surface area (Å²) in [6.45, 7) is 0. The molecule has 2 N–H and O–H groups in total. The van der Waals surface area contributed by atoms with Gasteiger partial charge in [0.15, 0.2) is 0 Å². The van der Waals surface area contributed by atoms with E-state index in [2.05, 4.69) is 15.5 Å². The van der Waals surface area contributed by atoms with Crippen LogP contribution in [0, 0.1) is 0 Å². The Morgan fingerprint density at radius 2 is 2.00 bits per heavy atom. The molecule has 0 aliphatic carbocycles. The van der Waals surface area contributed by atoms with Gasteiger partial charge in [0.2, 0.25) is 5.91 Å². The summed E-state index contributed by atoms with van der Waals surface area (Å²) in [6.07, 6.45) is 1.47. The third kappa shape index (κ3) is 3.83. The Morgan fingerprint density at radius 3 is 2.62 bits per heavy atom. The number of methoxy groups -OCH3 is 2. The maximum atomic E-state index is 12.3. The fourth-order valence-corrected chi connectivity index (χ4v) is 2.14. The van der Waals surface area contributed by atoms with Gasteiger partial charge in [-0.15, -0.1) is 0 Å². The number of ether oxygens (including phenoxy) is 2. The fourth-order valence-electron chi connectivity index (χ4n) is 2.14. The van der Waals surface area contributed by atoms with Gasteiger partial charge in [-0.05, 0) is 6.07 Å². The summed E-state index contributed by atoms with van der Waals surface area (Å²) in [5.41, 5.74) is 1.01. The number of rotatable bonds is 6. The van der Waals surface area contributed by atoms with Crippen molar-refractivity contribution in [2.75, 3.05) is 33.6 Å². The van der Waals surface area contributed by atoms with Crippen LogP contribution in [-0.2, 0) is 11.2 Å². The van der Waals surface area contributed by atoms with Crippen molar-refractivity contribution in [3.63, 3.8) is 0 Å². The van der Waals surface area contributed by atoms with Crippen LogP contribution in [0.15, 0.2) is 24.4 Å². The van der Waals surface area contributed by atoms with Crippen molar-refractivity contribution in [1.29, 1.82) is 0 Å². The molecule has 0 unspecified atom stereocenters. The largest absolute Gasteiger partial charge is 0.497 e. The van der Waals surface area contributed by atoms with Gasteiger partial charge in [-0.1, -0.05) is 6.07 Å². The van der Waals surface area contributed by atoms with Crippen LogP contribution in [0.3, 0.4) is 0 Å². The highest BCUT2D eigenvalue weighted by Gasteiger charge is 2.18. The highest BCUT2D eigenvalue weighted by Crippen LogP contribution is 2.25. The Morgan fingerprint density at radius 1 is 1.25 bits per heavy atom. The molecule has 0 aliphatic heterocycles. The molecular weight excluding hydrogens is 312 g/mol. The number of carbonyl (C=O) groups is 2. The van der Waals surface area contributed by atoms with E-state index in [-0.39, 0.29) is 24.1 Å². The van der Waals surface area contributed by atoms with E-state index in [4.69, 9.17) is 9.47 Å². The molecule has 0 aliphatic rings. The quantitative estimate of drug-likeness (QED) is 0.831. The van der Waals surface area contributed by atoms with Crippen molar-refractivity contribution in [1.82, 2.24) is 15.1 Å². The minimum absolute atomic E-state index is 0.0851. The zero-order valence-electron chi connectivity index (χ0n) is 14.0. The van der Waals surface area contributed by atoms with Gasteiger partial charge in [-0.25, -0.2) is 0 Å². The summed E-state index contributed by atoms with van der Waals surface area (Å²) in [4.78, 5) is 25.7. The van der Waals surface area contributed by atoms with E-state index in [1.54, 1.807) is 39.4 Å². The van der Waals surface area contributed by atoms with Crippen molar-refractivity contribution in [3.8, 4) is 11.5 Å². The lowest BCUT2D eigenvalue weighted by atomic mass is 10.1. The molecule has 1 aromatic heterocycles. The minimum atomic E-state index is -0.296. The van der Waals surface area contributed by atoms with E-state index in [0.717, 1.165) is 0 Å². The van der Waals surface area contributed by atoms with Gasteiger partial charge < -0.3 is 19.7 Å². The maximum absolute atomic E-state index is 12.3. The second kappa shape index (κ2) is 7.49. The molecule has 1 heterocycles. The van der Waals surface area contributed by atoms with Crippen LogP contribution < -0.4 is 14.8 Å². The lowest BCUT2D eigenvalue weighted by Crippen LogP contribution is -2.24. The summed E-state index contributed by atoms with van der Waals surface area (Å²) in [5, 5.41) is 9.10. The number of carbonyl (C=O) groups excluding carboxylic acids is 2. The van der Waals surface area contributed by atoms with Gasteiger partial charge >= 0.3 is 0 Å². The first kappa shape index (κ1) is 17.3. The van der Waals surface area contributed by atoms with Gasteiger partial charge in [-0.3, -0.25) is 14.7 Å². The predicted molar refractivity (Wildman–Crippen MR) is 88.5 cm³/mol. The molecule has 8 heteroatoms. The van der Waals surface area contributed by atoms with Crippen molar-refractivity contribution in [2.45, 2.75) is 6.42 Å². The molecule has 0 radical (unpaired) electrons. The highest BCUT2D eigenvalue weighted by atomic mass is 16.5. The molecule has 0 atom stereocenters. The molecule has 0 fully saturated rings. The fraction of sp³-hybridized carbons (Fsp3) is 0.312. The topological polar surface area (TPSA) is 96.5 Å². The molecule has 2 amide bonds. The number of nitrogens with one attached hydrogen (secondary N) is 2. The van der Waals surface area contributed by atoms with Crippen LogP contribution in [0.1, 0.15) is 15.9 Å². The van der Waals surface area contributed by atoms with Gasteiger partial charge in [0.05, 0.1) is 26.8 Å². The summed E-state index contributed by atoms with van der Waals surface area (Å²) in [5.74, 6) is 0.921. The Kier molecular flexibility index (Phi) is 5.41. The van der Waals surface area contributed by atoms with Crippen LogP contribution in [0.5, 0.6) is 11.5 Å². The number of nitrogens with zero attached hydrogens (tertiary/aromatic N) is 2. The lowest BCUT2D eigenvalue weighted by Gasteiger charge is -2.12. The Balaban J connectivity index is 2.12. The second-order valence-corrected chi connectivity index (χ2v) is 5.26. The van der Waals surface area contributed by atoms with Crippen molar-refractivity contribution < 1.29 is 19.1 Å². The Labute approximate surface area is 139 Å². The number of benzene rings is 1. The summed E-state index contributed by atoms with van der Waals surface area (Å²) >= 11 is 0. The van der Waals surface area contributed by atoms with E-state index in [9.17, 15) is 9.59 Å². The predicted octanol–water partition coefficient (Wildman–Crippen LogP) is 1.31. The molecule has 24 heavy (non-hydrogen) atoms. The van der Waals surface area contributed by atoms with Crippen LogP contribution in [0.4, 0.5) is 5.82 Å². The molecule has 0 saturated heterocycles. The number of hydrogen-bond donors (Lipinski definition) is 2. The first-order valence-corrected chi connectivity index (χ1v) is 7.22.